The van der Waals surface area contributed by atoms with Crippen LogP contribution >= 0.6 is 0 Å². The minimum atomic E-state index is 0.850. The van der Waals surface area contributed by atoms with Crippen molar-refractivity contribution in [2.75, 3.05) is 0 Å². The molecule has 0 spiro atoms. The van der Waals surface area contributed by atoms with E-state index in [1.54, 1.807) is 16.7 Å². The molecule has 0 nitrogen and oxygen atoms in total. The first-order chi connectivity index (χ1) is 8.88. The summed E-state index contributed by atoms with van der Waals surface area (Å²) in [5, 5.41) is 0. The van der Waals surface area contributed by atoms with Gasteiger partial charge in [-0.15, -0.1) is 0 Å². The van der Waals surface area contributed by atoms with Gasteiger partial charge in [-0.2, -0.15) is 0 Å². The van der Waals surface area contributed by atoms with E-state index in [1.165, 1.54) is 56.9 Å². The van der Waals surface area contributed by atoms with Crippen molar-refractivity contribution < 1.29 is 0 Å². The van der Waals surface area contributed by atoms with Gasteiger partial charge in [0.15, 0.2) is 0 Å². The Morgan fingerprint density at radius 1 is 1.11 bits per heavy atom. The molecule has 0 aliphatic heterocycles. The molecule has 1 fully saturated rings. The molecule has 0 heteroatoms. The molecule has 0 bridgehead atoms. The fourth-order valence-electron chi connectivity index (χ4n) is 3.74. The topological polar surface area (TPSA) is 0 Å². The van der Waals surface area contributed by atoms with Gasteiger partial charge in [0.2, 0.25) is 0 Å². The summed E-state index contributed by atoms with van der Waals surface area (Å²) in [7, 11) is 0. The first-order valence-electron chi connectivity index (χ1n) is 7.69. The minimum Gasteiger partial charge on any atom is -0.0652 e. The normalized spacial score (nSPS) is 19.7. The van der Waals surface area contributed by atoms with E-state index in [0.717, 1.165) is 5.92 Å². The van der Waals surface area contributed by atoms with Crippen molar-refractivity contribution in [3.05, 3.63) is 40.5 Å². The van der Waals surface area contributed by atoms with Crippen molar-refractivity contribution in [1.29, 1.82) is 0 Å². The van der Waals surface area contributed by atoms with E-state index in [4.69, 9.17) is 0 Å². The smallest absolute Gasteiger partial charge is 0.00550 e. The standard InChI is InChI=1S/C18H24/c1-2-7-14-12-16-10-6-11-17(18(16)13-14)15-8-4-3-5-9-15/h6,10-12,15H,2-5,7-9,13H2,1H3. The second-order valence-corrected chi connectivity index (χ2v) is 5.98. The van der Waals surface area contributed by atoms with Gasteiger partial charge in [0.05, 0.1) is 0 Å². The molecular formula is C18H24. The maximum atomic E-state index is 2.45. The Morgan fingerprint density at radius 3 is 2.72 bits per heavy atom. The monoisotopic (exact) mass is 240 g/mol. The summed E-state index contributed by atoms with van der Waals surface area (Å²) < 4.78 is 0. The molecular weight excluding hydrogens is 216 g/mol. The van der Waals surface area contributed by atoms with Crippen LogP contribution in [0.25, 0.3) is 6.08 Å². The lowest BCUT2D eigenvalue weighted by Crippen LogP contribution is -2.07. The van der Waals surface area contributed by atoms with Gasteiger partial charge in [-0.1, -0.05) is 62.5 Å². The quantitative estimate of drug-likeness (QED) is 0.657. The van der Waals surface area contributed by atoms with E-state index in [1.807, 2.05) is 0 Å². The van der Waals surface area contributed by atoms with Crippen molar-refractivity contribution in [2.24, 2.45) is 0 Å². The zero-order valence-electron chi connectivity index (χ0n) is 11.5. The van der Waals surface area contributed by atoms with Crippen LogP contribution in [0.3, 0.4) is 0 Å². The van der Waals surface area contributed by atoms with Gasteiger partial charge in [-0.25, -0.2) is 0 Å². The van der Waals surface area contributed by atoms with Crippen LogP contribution < -0.4 is 0 Å². The lowest BCUT2D eigenvalue weighted by molar-refractivity contribution is 0.442. The van der Waals surface area contributed by atoms with Gasteiger partial charge in [0, 0.05) is 0 Å². The van der Waals surface area contributed by atoms with E-state index in [-0.39, 0.29) is 0 Å². The third-order valence-corrected chi connectivity index (χ3v) is 4.63. The highest BCUT2D eigenvalue weighted by molar-refractivity contribution is 5.65. The Balaban J connectivity index is 1.86. The summed E-state index contributed by atoms with van der Waals surface area (Å²) in [6.07, 6.45) is 13.4. The van der Waals surface area contributed by atoms with Crippen LogP contribution in [-0.2, 0) is 6.42 Å². The van der Waals surface area contributed by atoms with E-state index >= 15 is 0 Å². The molecule has 0 saturated heterocycles. The predicted octanol–water partition coefficient (Wildman–Crippen LogP) is 5.47. The molecule has 0 atom stereocenters. The van der Waals surface area contributed by atoms with E-state index < -0.39 is 0 Å². The molecule has 3 rings (SSSR count). The van der Waals surface area contributed by atoms with Crippen molar-refractivity contribution in [3.63, 3.8) is 0 Å². The third kappa shape index (κ3) is 2.25. The molecule has 0 N–H and O–H groups in total. The molecule has 0 amide bonds. The van der Waals surface area contributed by atoms with Gasteiger partial charge in [-0.3, -0.25) is 0 Å². The van der Waals surface area contributed by atoms with Crippen LogP contribution in [0.2, 0.25) is 0 Å². The number of rotatable bonds is 3. The fraction of sp³-hybridized carbons (Fsp3) is 0.556. The van der Waals surface area contributed by atoms with Crippen molar-refractivity contribution in [2.45, 2.75) is 64.2 Å². The fourth-order valence-corrected chi connectivity index (χ4v) is 3.74. The van der Waals surface area contributed by atoms with Crippen molar-refractivity contribution >= 4 is 6.08 Å². The lowest BCUT2D eigenvalue weighted by Gasteiger charge is -2.24. The molecule has 0 aromatic heterocycles. The molecule has 1 aromatic carbocycles. The average molecular weight is 240 g/mol. The molecule has 0 radical (unpaired) electrons. The highest BCUT2D eigenvalue weighted by Crippen LogP contribution is 2.39. The van der Waals surface area contributed by atoms with E-state index in [0.29, 0.717) is 0 Å². The number of hydrogen-bond donors (Lipinski definition) is 0. The summed E-state index contributed by atoms with van der Waals surface area (Å²) >= 11 is 0. The first kappa shape index (κ1) is 12.0. The summed E-state index contributed by atoms with van der Waals surface area (Å²) in [6.45, 7) is 2.28. The molecule has 0 unspecified atom stereocenters. The van der Waals surface area contributed by atoms with Gasteiger partial charge in [0.25, 0.3) is 0 Å². The number of hydrogen-bond acceptors (Lipinski definition) is 0. The van der Waals surface area contributed by atoms with Crippen LogP contribution in [0.5, 0.6) is 0 Å². The third-order valence-electron chi connectivity index (χ3n) is 4.63. The second-order valence-electron chi connectivity index (χ2n) is 5.98. The summed E-state index contributed by atoms with van der Waals surface area (Å²) in [6, 6.07) is 6.98. The SMILES string of the molecule is CCCC1=Cc2cccc(C3CCCCC3)c2C1. The summed E-state index contributed by atoms with van der Waals surface area (Å²) in [5.41, 5.74) is 6.50. The molecule has 96 valence electrons. The van der Waals surface area contributed by atoms with Crippen LogP contribution in [0.4, 0.5) is 0 Å². The zero-order chi connectivity index (χ0) is 12.4. The van der Waals surface area contributed by atoms with Gasteiger partial charge >= 0.3 is 0 Å². The molecule has 0 heterocycles. The molecule has 2 aliphatic rings. The Labute approximate surface area is 111 Å². The van der Waals surface area contributed by atoms with Crippen LogP contribution in [0.1, 0.15) is 74.5 Å². The minimum absolute atomic E-state index is 0.850. The second kappa shape index (κ2) is 5.30. The van der Waals surface area contributed by atoms with Crippen LogP contribution in [0, 0.1) is 0 Å². The highest BCUT2D eigenvalue weighted by Gasteiger charge is 2.22. The summed E-state index contributed by atoms with van der Waals surface area (Å²) in [5.74, 6) is 0.850. The van der Waals surface area contributed by atoms with Crippen LogP contribution in [-0.4, -0.2) is 0 Å². The largest absolute Gasteiger partial charge is 0.0652 e. The predicted molar refractivity (Wildman–Crippen MR) is 78.9 cm³/mol. The molecule has 1 aromatic rings. The Hall–Kier alpha value is -1.04. The first-order valence-corrected chi connectivity index (χ1v) is 7.69. The van der Waals surface area contributed by atoms with Gasteiger partial charge in [-0.05, 0) is 48.3 Å². The zero-order valence-corrected chi connectivity index (χ0v) is 11.5. The van der Waals surface area contributed by atoms with Crippen molar-refractivity contribution in [1.82, 2.24) is 0 Å². The van der Waals surface area contributed by atoms with Crippen LogP contribution in [0.15, 0.2) is 23.8 Å². The molecule has 2 aliphatic carbocycles. The van der Waals surface area contributed by atoms with Gasteiger partial charge < -0.3 is 0 Å². The Morgan fingerprint density at radius 2 is 1.94 bits per heavy atom. The van der Waals surface area contributed by atoms with E-state index in [9.17, 15) is 0 Å². The molecule has 1 saturated carbocycles. The maximum Gasteiger partial charge on any atom is -0.00550 e. The number of fused-ring (bicyclic) bond motifs is 1. The summed E-state index contributed by atoms with van der Waals surface area (Å²) in [4.78, 5) is 0. The van der Waals surface area contributed by atoms with Crippen molar-refractivity contribution in [3.8, 4) is 0 Å². The Bertz CT molecular complexity index is 447. The highest BCUT2D eigenvalue weighted by atomic mass is 14.3. The average Bonchev–Trinajstić information content (AvgIpc) is 2.82. The Kier molecular flexibility index (Phi) is 3.54. The van der Waals surface area contributed by atoms with Gasteiger partial charge in [0.1, 0.15) is 0 Å². The number of benzene rings is 1. The number of allylic oxidation sites excluding steroid dienone is 1. The lowest BCUT2D eigenvalue weighted by atomic mass is 9.81. The maximum absolute atomic E-state index is 2.45. The molecule has 18 heavy (non-hydrogen) atoms. The van der Waals surface area contributed by atoms with E-state index in [2.05, 4.69) is 31.2 Å².